The highest BCUT2D eigenvalue weighted by atomic mass is 16.7. The lowest BCUT2D eigenvalue weighted by molar-refractivity contribution is -0.230. The summed E-state index contributed by atoms with van der Waals surface area (Å²) in [7, 11) is 3.23. The molecule has 0 bridgehead atoms. The second kappa shape index (κ2) is 14.9. The largest absolute Gasteiger partial charge is 0.467 e. The van der Waals surface area contributed by atoms with Crippen molar-refractivity contribution >= 4 is 0 Å². The van der Waals surface area contributed by atoms with Crippen LogP contribution in [-0.2, 0) is 36.5 Å². The van der Waals surface area contributed by atoms with Crippen LogP contribution in [0.2, 0.25) is 0 Å². The van der Waals surface area contributed by atoms with Crippen LogP contribution in [-0.4, -0.2) is 53.7 Å². The van der Waals surface area contributed by atoms with E-state index in [-0.39, 0.29) is 26.0 Å². The minimum Gasteiger partial charge on any atom is -0.467 e. The van der Waals surface area contributed by atoms with Gasteiger partial charge in [-0.2, -0.15) is 0 Å². The summed E-state index contributed by atoms with van der Waals surface area (Å²) in [6.07, 6.45) is 2.00. The molecule has 1 saturated heterocycles. The first-order chi connectivity index (χ1) is 18.7. The molecule has 0 radical (unpaired) electrons. The zero-order valence-corrected chi connectivity index (χ0v) is 22.5. The number of benzene rings is 3. The van der Waals surface area contributed by atoms with Crippen molar-refractivity contribution in [1.29, 1.82) is 0 Å². The predicted octanol–water partition coefficient (Wildman–Crippen LogP) is 5.94. The molecule has 1 heterocycles. The molecule has 7 nitrogen and oxygen atoms in total. The first-order valence-corrected chi connectivity index (χ1v) is 13.1. The molecule has 0 amide bonds. The summed E-state index contributed by atoms with van der Waals surface area (Å²) >= 11 is 0. The highest BCUT2D eigenvalue weighted by Crippen LogP contribution is 2.41. The number of hydrogen-bond acceptors (Lipinski definition) is 7. The fourth-order valence-electron chi connectivity index (χ4n) is 4.68. The Kier molecular flexibility index (Phi) is 11.0. The Morgan fingerprint density at radius 1 is 0.789 bits per heavy atom. The van der Waals surface area contributed by atoms with E-state index in [2.05, 4.69) is 19.1 Å². The van der Waals surface area contributed by atoms with Gasteiger partial charge in [-0.3, -0.25) is 0 Å². The third kappa shape index (κ3) is 7.34. The Morgan fingerprint density at radius 2 is 1.42 bits per heavy atom. The molecule has 4 rings (SSSR count). The van der Waals surface area contributed by atoms with E-state index >= 15 is 0 Å². The fraction of sp³-hybridized carbons (Fsp3) is 0.419. The Labute approximate surface area is 225 Å². The smallest absolute Gasteiger partial charge is 0.188 e. The Bertz CT molecular complexity index is 1100. The summed E-state index contributed by atoms with van der Waals surface area (Å²) < 4.78 is 40.4. The van der Waals surface area contributed by atoms with Crippen LogP contribution in [0, 0.1) is 0 Å². The van der Waals surface area contributed by atoms with Gasteiger partial charge in [0.25, 0.3) is 0 Å². The third-order valence-corrected chi connectivity index (χ3v) is 6.42. The molecule has 1 aliphatic heterocycles. The number of rotatable bonds is 14. The zero-order valence-electron chi connectivity index (χ0n) is 22.5. The van der Waals surface area contributed by atoms with Crippen LogP contribution in [0.15, 0.2) is 66.7 Å². The normalized spacial score (nSPS) is 17.3. The molecule has 7 heteroatoms. The molecular weight excluding hydrogens is 484 g/mol. The van der Waals surface area contributed by atoms with Gasteiger partial charge in [0.15, 0.2) is 19.9 Å². The molecule has 1 fully saturated rings. The molecule has 0 unspecified atom stereocenters. The molecule has 0 aliphatic carbocycles. The van der Waals surface area contributed by atoms with Crippen molar-refractivity contribution in [3.8, 4) is 22.6 Å². The number of ether oxygens (including phenoxy) is 7. The monoisotopic (exact) mass is 522 g/mol. The predicted molar refractivity (Wildman–Crippen MR) is 145 cm³/mol. The first kappa shape index (κ1) is 28.1. The van der Waals surface area contributed by atoms with Crippen molar-refractivity contribution in [2.45, 2.75) is 38.6 Å². The van der Waals surface area contributed by atoms with Gasteiger partial charge in [0.05, 0.1) is 13.2 Å². The number of hydrogen-bond donors (Lipinski definition) is 0. The maximum atomic E-state index is 6.15. The van der Waals surface area contributed by atoms with Crippen LogP contribution in [0.5, 0.6) is 11.5 Å². The third-order valence-electron chi connectivity index (χ3n) is 6.42. The van der Waals surface area contributed by atoms with Crippen LogP contribution < -0.4 is 9.47 Å². The maximum absolute atomic E-state index is 6.15. The fourth-order valence-corrected chi connectivity index (χ4v) is 4.68. The molecule has 0 aromatic heterocycles. The molecule has 0 atom stereocenters. The van der Waals surface area contributed by atoms with Crippen molar-refractivity contribution < 1.29 is 33.2 Å². The van der Waals surface area contributed by atoms with E-state index in [4.69, 9.17) is 33.2 Å². The summed E-state index contributed by atoms with van der Waals surface area (Å²) in [6, 6.07) is 22.2. The molecule has 38 heavy (non-hydrogen) atoms. The van der Waals surface area contributed by atoms with Gasteiger partial charge in [-0.05, 0) is 36.0 Å². The van der Waals surface area contributed by atoms with Gasteiger partial charge in [-0.1, -0.05) is 67.6 Å². The van der Waals surface area contributed by atoms with Crippen molar-refractivity contribution in [1.82, 2.24) is 0 Å². The maximum Gasteiger partial charge on any atom is 0.188 e. The van der Waals surface area contributed by atoms with Gasteiger partial charge in [0.2, 0.25) is 0 Å². The first-order valence-electron chi connectivity index (χ1n) is 13.1. The van der Waals surface area contributed by atoms with E-state index in [1.54, 1.807) is 14.2 Å². The molecule has 0 spiro atoms. The van der Waals surface area contributed by atoms with Crippen LogP contribution in [0.3, 0.4) is 0 Å². The summed E-state index contributed by atoms with van der Waals surface area (Å²) in [6.45, 7) is 4.04. The number of methoxy groups -OCH3 is 2. The van der Waals surface area contributed by atoms with Gasteiger partial charge in [-0.25, -0.2) is 0 Å². The highest BCUT2D eigenvalue weighted by Gasteiger charge is 2.24. The van der Waals surface area contributed by atoms with Crippen molar-refractivity contribution in [3.63, 3.8) is 0 Å². The zero-order chi connectivity index (χ0) is 26.6. The Hall–Kier alpha value is -2.94. The molecule has 0 N–H and O–H groups in total. The van der Waals surface area contributed by atoms with Crippen LogP contribution in [0.25, 0.3) is 11.1 Å². The van der Waals surface area contributed by atoms with Gasteiger partial charge in [-0.15, -0.1) is 0 Å². The van der Waals surface area contributed by atoms with Gasteiger partial charge >= 0.3 is 0 Å². The van der Waals surface area contributed by atoms with Gasteiger partial charge in [0.1, 0.15) is 17.6 Å². The minimum atomic E-state index is -0.336. The van der Waals surface area contributed by atoms with E-state index in [0.717, 1.165) is 53.0 Å². The highest BCUT2D eigenvalue weighted by molar-refractivity contribution is 5.77. The summed E-state index contributed by atoms with van der Waals surface area (Å²) in [5.74, 6) is 1.48. The lowest BCUT2D eigenvalue weighted by Gasteiger charge is -2.29. The SMILES string of the molecule is CCc1c(OCOC)cc(OCOC)c(-c2ccccc2)c1CCCOC1COC(c2ccccc2)OC1. The molecule has 204 valence electrons. The summed E-state index contributed by atoms with van der Waals surface area (Å²) in [5, 5.41) is 0. The Balaban J connectivity index is 1.47. The van der Waals surface area contributed by atoms with E-state index < -0.39 is 0 Å². The molecule has 0 saturated carbocycles. The average Bonchev–Trinajstić information content (AvgIpc) is 2.98. The van der Waals surface area contributed by atoms with Crippen molar-refractivity contribution in [3.05, 3.63) is 83.4 Å². The molecule has 3 aromatic rings. The van der Waals surface area contributed by atoms with Crippen LogP contribution >= 0.6 is 0 Å². The summed E-state index contributed by atoms with van der Waals surface area (Å²) in [5.41, 5.74) is 5.49. The van der Waals surface area contributed by atoms with Gasteiger partial charge < -0.3 is 33.2 Å². The second-order valence-electron chi connectivity index (χ2n) is 9.03. The van der Waals surface area contributed by atoms with Crippen LogP contribution in [0.4, 0.5) is 0 Å². The quantitative estimate of drug-likeness (QED) is 0.192. The van der Waals surface area contributed by atoms with Gasteiger partial charge in [0, 0.05) is 38.0 Å². The topological polar surface area (TPSA) is 64.6 Å². The average molecular weight is 523 g/mol. The summed E-state index contributed by atoms with van der Waals surface area (Å²) in [4.78, 5) is 0. The second-order valence-corrected chi connectivity index (χ2v) is 9.03. The lowest BCUT2D eigenvalue weighted by atomic mass is 9.89. The van der Waals surface area contributed by atoms with E-state index in [9.17, 15) is 0 Å². The van der Waals surface area contributed by atoms with E-state index in [1.807, 2.05) is 54.6 Å². The van der Waals surface area contributed by atoms with E-state index in [0.29, 0.717) is 19.8 Å². The standard InChI is InChI=1S/C31H38O7/c1-4-26-27(16-11-17-34-25-19-35-31(36-20-25)24-14-9-6-10-15-24)30(23-12-7-5-8-13-23)29(38-22-33-3)18-28(26)37-21-32-2/h5-10,12-15,18,25,31H,4,11,16-17,19-22H2,1-3H3. The van der Waals surface area contributed by atoms with Crippen LogP contribution in [0.1, 0.15) is 36.3 Å². The van der Waals surface area contributed by atoms with Crippen molar-refractivity contribution in [2.24, 2.45) is 0 Å². The lowest BCUT2D eigenvalue weighted by Crippen LogP contribution is -2.33. The minimum absolute atomic E-state index is 0.0915. The van der Waals surface area contributed by atoms with E-state index in [1.165, 1.54) is 5.56 Å². The van der Waals surface area contributed by atoms with Crippen molar-refractivity contribution in [2.75, 3.05) is 47.6 Å². The Morgan fingerprint density at radius 3 is 2.05 bits per heavy atom. The molecule has 3 aromatic carbocycles. The molecular formula is C31H38O7. The molecule has 1 aliphatic rings.